The first kappa shape index (κ1) is 16.1. The zero-order valence-corrected chi connectivity index (χ0v) is 12.8. The summed E-state index contributed by atoms with van der Waals surface area (Å²) in [7, 11) is 0. The van der Waals surface area contributed by atoms with Crippen molar-refractivity contribution >= 4 is 23.8 Å². The lowest BCUT2D eigenvalue weighted by Crippen LogP contribution is -2.40. The molecule has 1 aliphatic heterocycles. The van der Waals surface area contributed by atoms with E-state index in [-0.39, 0.29) is 11.9 Å². The van der Waals surface area contributed by atoms with Crippen molar-refractivity contribution < 1.29 is 14.3 Å². The van der Waals surface area contributed by atoms with Gasteiger partial charge >= 0.3 is 6.09 Å². The molecule has 0 aromatic heterocycles. The first-order valence-electron chi connectivity index (χ1n) is 6.71. The number of rotatable bonds is 4. The van der Waals surface area contributed by atoms with Crippen molar-refractivity contribution in [3.63, 3.8) is 0 Å². The number of ether oxygens (including phenoxy) is 1. The molecule has 0 aliphatic carbocycles. The number of alkyl carbamates (subject to hydrolysis) is 1. The van der Waals surface area contributed by atoms with Gasteiger partial charge < -0.3 is 15.4 Å². The molecule has 5 nitrogen and oxygen atoms in total. The SMILES string of the molecule is CC(C)(C)OC(=O)NCCC(=O)NC1CCCSC1. The predicted molar refractivity (Wildman–Crippen MR) is 77.3 cm³/mol. The smallest absolute Gasteiger partial charge is 0.407 e. The van der Waals surface area contributed by atoms with Crippen molar-refractivity contribution in [1.82, 2.24) is 10.6 Å². The van der Waals surface area contributed by atoms with E-state index in [1.807, 2.05) is 11.8 Å². The lowest BCUT2D eigenvalue weighted by molar-refractivity contribution is -0.121. The van der Waals surface area contributed by atoms with Gasteiger partial charge in [0.05, 0.1) is 0 Å². The average molecular weight is 288 g/mol. The molecule has 1 rings (SSSR count). The second-order valence-corrected chi connectivity index (χ2v) is 6.81. The zero-order chi connectivity index (χ0) is 14.3. The van der Waals surface area contributed by atoms with Crippen molar-refractivity contribution in [3.05, 3.63) is 0 Å². The molecule has 110 valence electrons. The van der Waals surface area contributed by atoms with E-state index in [2.05, 4.69) is 10.6 Å². The van der Waals surface area contributed by atoms with E-state index in [1.54, 1.807) is 20.8 Å². The number of nitrogens with one attached hydrogen (secondary N) is 2. The zero-order valence-electron chi connectivity index (χ0n) is 12.0. The Morgan fingerprint density at radius 2 is 2.11 bits per heavy atom. The molecule has 1 aliphatic rings. The summed E-state index contributed by atoms with van der Waals surface area (Å²) in [5, 5.41) is 5.57. The Labute approximate surface area is 119 Å². The minimum Gasteiger partial charge on any atom is -0.444 e. The number of thioether (sulfide) groups is 1. The van der Waals surface area contributed by atoms with Gasteiger partial charge in [0.15, 0.2) is 0 Å². The van der Waals surface area contributed by atoms with Crippen molar-refractivity contribution in [1.29, 1.82) is 0 Å². The average Bonchev–Trinajstić information content (AvgIpc) is 2.27. The molecule has 1 unspecified atom stereocenters. The Kier molecular flexibility index (Phi) is 6.48. The lowest BCUT2D eigenvalue weighted by Gasteiger charge is -2.22. The fourth-order valence-corrected chi connectivity index (χ4v) is 2.82. The van der Waals surface area contributed by atoms with Crippen LogP contribution in [-0.4, -0.2) is 41.7 Å². The van der Waals surface area contributed by atoms with Gasteiger partial charge in [-0.1, -0.05) is 0 Å². The third kappa shape index (κ3) is 7.97. The van der Waals surface area contributed by atoms with E-state index in [0.717, 1.165) is 18.6 Å². The van der Waals surface area contributed by atoms with Crippen LogP contribution in [0.15, 0.2) is 0 Å². The highest BCUT2D eigenvalue weighted by Crippen LogP contribution is 2.16. The first-order chi connectivity index (χ1) is 8.87. The Morgan fingerprint density at radius 3 is 2.68 bits per heavy atom. The Balaban J connectivity index is 2.11. The van der Waals surface area contributed by atoms with Crippen molar-refractivity contribution in [2.24, 2.45) is 0 Å². The summed E-state index contributed by atoms with van der Waals surface area (Å²) >= 11 is 1.88. The second-order valence-electron chi connectivity index (χ2n) is 5.66. The van der Waals surface area contributed by atoms with Crippen LogP contribution in [0.4, 0.5) is 4.79 Å². The molecule has 0 spiro atoms. The maximum Gasteiger partial charge on any atom is 0.407 e. The minimum atomic E-state index is -0.508. The molecule has 1 heterocycles. The van der Waals surface area contributed by atoms with Gasteiger partial charge in [-0.25, -0.2) is 4.79 Å². The van der Waals surface area contributed by atoms with Gasteiger partial charge in [-0.3, -0.25) is 4.79 Å². The van der Waals surface area contributed by atoms with Gasteiger partial charge in [0.1, 0.15) is 5.60 Å². The molecule has 2 amide bonds. The third-order valence-corrected chi connectivity index (χ3v) is 3.76. The van der Waals surface area contributed by atoms with E-state index >= 15 is 0 Å². The highest BCUT2D eigenvalue weighted by molar-refractivity contribution is 7.99. The molecule has 0 radical (unpaired) electrons. The Bertz CT molecular complexity index is 310. The molecule has 0 aromatic rings. The van der Waals surface area contributed by atoms with E-state index < -0.39 is 11.7 Å². The van der Waals surface area contributed by atoms with Gasteiger partial charge in [-0.2, -0.15) is 11.8 Å². The molecule has 2 N–H and O–H groups in total. The summed E-state index contributed by atoms with van der Waals surface area (Å²) in [6.45, 7) is 5.72. The van der Waals surface area contributed by atoms with Gasteiger partial charge in [-0.15, -0.1) is 0 Å². The quantitative estimate of drug-likeness (QED) is 0.829. The highest BCUT2D eigenvalue weighted by atomic mass is 32.2. The van der Waals surface area contributed by atoms with Crippen LogP contribution in [0.25, 0.3) is 0 Å². The van der Waals surface area contributed by atoms with Crippen LogP contribution in [0.5, 0.6) is 0 Å². The largest absolute Gasteiger partial charge is 0.444 e. The maximum atomic E-state index is 11.7. The van der Waals surface area contributed by atoms with Crippen LogP contribution in [-0.2, 0) is 9.53 Å². The van der Waals surface area contributed by atoms with E-state index in [1.165, 1.54) is 5.75 Å². The van der Waals surface area contributed by atoms with Gasteiger partial charge in [0.2, 0.25) is 5.91 Å². The summed E-state index contributed by atoms with van der Waals surface area (Å²) in [6, 6.07) is 0.285. The van der Waals surface area contributed by atoms with Gasteiger partial charge in [0, 0.05) is 24.8 Å². The summed E-state index contributed by atoms with van der Waals surface area (Å²) in [6.07, 6.45) is 2.03. The van der Waals surface area contributed by atoms with Crippen LogP contribution in [0.1, 0.15) is 40.0 Å². The molecule has 1 saturated heterocycles. The topological polar surface area (TPSA) is 67.4 Å². The molecule has 1 atom stereocenters. The number of hydrogen-bond acceptors (Lipinski definition) is 4. The van der Waals surface area contributed by atoms with Crippen LogP contribution in [0.3, 0.4) is 0 Å². The standard InChI is InChI=1S/C13H24N2O3S/c1-13(2,3)18-12(17)14-7-6-11(16)15-10-5-4-8-19-9-10/h10H,4-9H2,1-3H3,(H,14,17)(H,15,16). The number of hydrogen-bond donors (Lipinski definition) is 2. The second kappa shape index (κ2) is 7.62. The monoisotopic (exact) mass is 288 g/mol. The Hall–Kier alpha value is -0.910. The van der Waals surface area contributed by atoms with Crippen LogP contribution < -0.4 is 10.6 Å². The molecule has 0 bridgehead atoms. The van der Waals surface area contributed by atoms with E-state index in [4.69, 9.17) is 4.74 Å². The fraction of sp³-hybridized carbons (Fsp3) is 0.846. The van der Waals surface area contributed by atoms with Crippen LogP contribution in [0, 0.1) is 0 Å². The molecule has 19 heavy (non-hydrogen) atoms. The van der Waals surface area contributed by atoms with E-state index in [9.17, 15) is 9.59 Å². The molecular weight excluding hydrogens is 264 g/mol. The van der Waals surface area contributed by atoms with E-state index in [0.29, 0.717) is 13.0 Å². The predicted octanol–water partition coefficient (Wildman–Crippen LogP) is 1.91. The van der Waals surface area contributed by atoms with Crippen molar-refractivity contribution in [3.8, 4) is 0 Å². The summed E-state index contributed by atoms with van der Waals surface area (Å²) < 4.78 is 5.08. The number of carbonyl (C=O) groups excluding carboxylic acids is 2. The molecule has 0 aromatic carbocycles. The maximum absolute atomic E-state index is 11.7. The number of carbonyl (C=O) groups is 2. The lowest BCUT2D eigenvalue weighted by atomic mass is 10.2. The summed E-state index contributed by atoms with van der Waals surface area (Å²) in [4.78, 5) is 23.0. The van der Waals surface area contributed by atoms with Crippen LogP contribution >= 0.6 is 11.8 Å². The van der Waals surface area contributed by atoms with Crippen molar-refractivity contribution in [2.75, 3.05) is 18.1 Å². The summed E-state index contributed by atoms with van der Waals surface area (Å²) in [5.74, 6) is 2.17. The Morgan fingerprint density at radius 1 is 1.37 bits per heavy atom. The highest BCUT2D eigenvalue weighted by Gasteiger charge is 2.17. The third-order valence-electron chi connectivity index (χ3n) is 2.55. The number of amides is 2. The van der Waals surface area contributed by atoms with Gasteiger partial charge in [-0.05, 0) is 39.4 Å². The molecular formula is C13H24N2O3S. The fourth-order valence-electron chi connectivity index (χ4n) is 1.75. The summed E-state index contributed by atoms with van der Waals surface area (Å²) in [5.41, 5.74) is -0.508. The molecule has 1 fully saturated rings. The molecule has 0 saturated carbocycles. The minimum absolute atomic E-state index is 0.0106. The van der Waals surface area contributed by atoms with Crippen molar-refractivity contribution in [2.45, 2.75) is 51.7 Å². The molecule has 6 heteroatoms. The first-order valence-corrected chi connectivity index (χ1v) is 7.86. The van der Waals surface area contributed by atoms with Crippen LogP contribution in [0.2, 0.25) is 0 Å². The normalized spacial score (nSPS) is 19.6. The van der Waals surface area contributed by atoms with Gasteiger partial charge in [0.25, 0.3) is 0 Å².